The Morgan fingerprint density at radius 1 is 1.16 bits per heavy atom. The number of rotatable bonds is 9. The van der Waals surface area contributed by atoms with E-state index in [9.17, 15) is 23.0 Å². The molecule has 5 atom stereocenters. The molecular formula is C11H17FN5O11P3. The molecule has 2 aromatic rings. The van der Waals surface area contributed by atoms with Gasteiger partial charge in [0.1, 0.15) is 18.1 Å². The van der Waals surface area contributed by atoms with Gasteiger partial charge in [0.25, 0.3) is 0 Å². The van der Waals surface area contributed by atoms with Crippen molar-refractivity contribution in [3.8, 4) is 0 Å². The number of imidazole rings is 1. The van der Waals surface area contributed by atoms with Crippen molar-refractivity contribution in [2.45, 2.75) is 18.8 Å². The largest absolute Gasteiger partial charge is 0.490 e. The molecule has 0 spiro atoms. The Bertz CT molecular complexity index is 1090. The molecule has 174 valence electrons. The van der Waals surface area contributed by atoms with Gasteiger partial charge in [-0.1, -0.05) is 0 Å². The van der Waals surface area contributed by atoms with Crippen molar-refractivity contribution in [1.82, 2.24) is 19.5 Å². The molecule has 1 aliphatic heterocycles. The molecule has 2 unspecified atom stereocenters. The van der Waals surface area contributed by atoms with Gasteiger partial charge in [-0.05, 0) is 6.42 Å². The number of alkyl halides is 1. The predicted molar refractivity (Wildman–Crippen MR) is 97.5 cm³/mol. The summed E-state index contributed by atoms with van der Waals surface area (Å²) in [7, 11) is -16.5. The van der Waals surface area contributed by atoms with E-state index < -0.39 is 55.0 Å². The Morgan fingerprint density at radius 2 is 1.87 bits per heavy atom. The fourth-order valence-electron chi connectivity index (χ4n) is 2.89. The normalized spacial score (nSPS) is 26.0. The number of phosphoric acid groups is 3. The highest BCUT2D eigenvalue weighted by atomic mass is 31.3. The van der Waals surface area contributed by atoms with Gasteiger partial charge in [-0.15, -0.1) is 0 Å². The third-order valence-electron chi connectivity index (χ3n) is 4.00. The van der Waals surface area contributed by atoms with Gasteiger partial charge in [0, 0.05) is 5.92 Å². The van der Waals surface area contributed by atoms with E-state index in [0.717, 1.165) is 0 Å². The summed E-state index contributed by atoms with van der Waals surface area (Å²) in [5.74, 6) is -0.633. The van der Waals surface area contributed by atoms with Crippen molar-refractivity contribution in [3.63, 3.8) is 0 Å². The van der Waals surface area contributed by atoms with Crippen LogP contribution in [-0.4, -0.2) is 58.5 Å². The van der Waals surface area contributed by atoms with E-state index in [2.05, 4.69) is 28.1 Å². The number of hydrogen-bond acceptors (Lipinski definition) is 11. The topological polar surface area (TPSA) is 239 Å². The smallest absolute Gasteiger partial charge is 0.382 e. The van der Waals surface area contributed by atoms with Gasteiger partial charge in [0.2, 0.25) is 0 Å². The predicted octanol–water partition coefficient (Wildman–Crippen LogP) is 0.625. The Labute approximate surface area is 172 Å². The summed E-state index contributed by atoms with van der Waals surface area (Å²) < 4.78 is 66.1. The van der Waals surface area contributed by atoms with E-state index in [1.54, 1.807) is 0 Å². The van der Waals surface area contributed by atoms with Crippen LogP contribution in [0.4, 0.5) is 10.2 Å². The Kier molecular flexibility index (Phi) is 6.96. The monoisotopic (exact) mass is 507 g/mol. The summed E-state index contributed by atoms with van der Waals surface area (Å²) in [4.78, 5) is 47.5. The molecule has 0 bridgehead atoms. The number of aromatic nitrogens is 4. The highest BCUT2D eigenvalue weighted by Crippen LogP contribution is 2.66. The zero-order valence-electron chi connectivity index (χ0n) is 15.2. The third-order valence-corrected chi connectivity index (χ3v) is 7.80. The molecular weight excluding hydrogens is 490 g/mol. The lowest BCUT2D eigenvalue weighted by Crippen LogP contribution is -2.18. The third kappa shape index (κ3) is 6.12. The average Bonchev–Trinajstić information content (AvgIpc) is 3.21. The number of nitrogens with two attached hydrogens (primary N) is 1. The van der Waals surface area contributed by atoms with E-state index in [0.29, 0.717) is 0 Å². The molecule has 0 radical (unpaired) electrons. The second-order valence-electron chi connectivity index (χ2n) is 6.27. The van der Waals surface area contributed by atoms with Gasteiger partial charge in [-0.2, -0.15) is 8.62 Å². The van der Waals surface area contributed by atoms with Gasteiger partial charge >= 0.3 is 23.5 Å². The number of ether oxygens (including phenoxy) is 1. The second kappa shape index (κ2) is 8.89. The lowest BCUT2D eigenvalue weighted by atomic mass is 10.1. The highest BCUT2D eigenvalue weighted by Gasteiger charge is 2.43. The van der Waals surface area contributed by atoms with Gasteiger partial charge in [-0.25, -0.2) is 28.6 Å². The molecule has 1 fully saturated rings. The first kappa shape index (κ1) is 24.3. The number of fused-ring (bicyclic) bond motifs is 1. The van der Waals surface area contributed by atoms with E-state index in [4.69, 9.17) is 25.2 Å². The fourth-order valence-corrected chi connectivity index (χ4v) is 5.94. The first-order valence-corrected chi connectivity index (χ1v) is 12.7. The van der Waals surface area contributed by atoms with E-state index in [1.165, 1.54) is 17.2 Å². The zero-order valence-corrected chi connectivity index (χ0v) is 17.9. The van der Waals surface area contributed by atoms with Crippen LogP contribution in [-0.2, 0) is 31.6 Å². The minimum Gasteiger partial charge on any atom is -0.382 e. The van der Waals surface area contributed by atoms with E-state index in [-0.39, 0.29) is 23.4 Å². The standard InChI is InChI=1S/C11H17FN5O11P3/c12-2-6-1-7(3-25-30(21,22)28-31(23,24)27-29(18,19)20)26-11(6)17-5-16-8-9(13)14-4-15-10(8)17/h4-7,11H,1-3H2,(H,21,22)(H,23,24)(H2,13,14,15)(H2,18,19,20)/t6-,7+,11-/m1/s1. The Balaban J connectivity index is 1.67. The number of phosphoric ester groups is 1. The Morgan fingerprint density at radius 3 is 2.52 bits per heavy atom. The summed E-state index contributed by atoms with van der Waals surface area (Å²) in [5.41, 5.74) is 6.24. The first-order valence-electron chi connectivity index (χ1n) is 8.23. The number of hydrogen-bond donors (Lipinski definition) is 5. The molecule has 31 heavy (non-hydrogen) atoms. The van der Waals surface area contributed by atoms with E-state index in [1.807, 2.05) is 0 Å². The van der Waals surface area contributed by atoms with Crippen LogP contribution in [0.3, 0.4) is 0 Å². The lowest BCUT2D eigenvalue weighted by molar-refractivity contribution is -0.0328. The van der Waals surface area contributed by atoms with Crippen LogP contribution < -0.4 is 5.73 Å². The molecule has 0 aromatic carbocycles. The van der Waals surface area contributed by atoms with Gasteiger partial charge < -0.3 is 30.0 Å². The molecule has 2 aromatic heterocycles. The summed E-state index contributed by atoms with van der Waals surface area (Å²) in [6, 6.07) is 0. The SMILES string of the molecule is Nc1ncnc2c1ncn2[C@@H]1O[C@H](COP(=O)(O)OP(=O)(O)OP(=O)(O)O)C[C@@H]1CF. The minimum atomic E-state index is -5.64. The summed E-state index contributed by atoms with van der Waals surface area (Å²) in [6.07, 6.45) is 0.610. The van der Waals surface area contributed by atoms with Crippen LogP contribution in [0.25, 0.3) is 11.2 Å². The zero-order chi connectivity index (χ0) is 23.0. The maximum Gasteiger partial charge on any atom is 0.490 e. The van der Waals surface area contributed by atoms with Crippen molar-refractivity contribution in [2.24, 2.45) is 5.92 Å². The first-order chi connectivity index (χ1) is 14.3. The van der Waals surface area contributed by atoms with Crippen molar-refractivity contribution in [2.75, 3.05) is 19.0 Å². The number of anilines is 1. The molecule has 0 saturated carbocycles. The maximum absolute atomic E-state index is 13.5. The minimum absolute atomic E-state index is 0.0111. The molecule has 20 heteroatoms. The molecule has 0 aliphatic carbocycles. The van der Waals surface area contributed by atoms with Crippen LogP contribution in [0.2, 0.25) is 0 Å². The summed E-state index contributed by atoms with van der Waals surface area (Å²) in [6.45, 7) is -1.53. The van der Waals surface area contributed by atoms with Gasteiger partial charge in [0.05, 0.1) is 25.7 Å². The number of halogens is 1. The van der Waals surface area contributed by atoms with Crippen LogP contribution in [0.1, 0.15) is 12.6 Å². The molecule has 6 N–H and O–H groups in total. The van der Waals surface area contributed by atoms with Crippen LogP contribution in [0, 0.1) is 5.92 Å². The number of nitrogen functional groups attached to an aromatic ring is 1. The lowest BCUT2D eigenvalue weighted by Gasteiger charge is -2.19. The van der Waals surface area contributed by atoms with Crippen LogP contribution in [0.15, 0.2) is 12.7 Å². The van der Waals surface area contributed by atoms with Crippen molar-refractivity contribution in [3.05, 3.63) is 12.7 Å². The fraction of sp³-hybridized carbons (Fsp3) is 0.545. The molecule has 1 aliphatic rings. The molecule has 3 rings (SSSR count). The second-order valence-corrected chi connectivity index (χ2v) is 10.7. The molecule has 16 nitrogen and oxygen atoms in total. The van der Waals surface area contributed by atoms with Crippen molar-refractivity contribution >= 4 is 40.4 Å². The van der Waals surface area contributed by atoms with Crippen LogP contribution >= 0.6 is 23.5 Å². The maximum atomic E-state index is 13.5. The Hall–Kier alpha value is -1.35. The van der Waals surface area contributed by atoms with Crippen LogP contribution in [0.5, 0.6) is 0 Å². The van der Waals surface area contributed by atoms with E-state index >= 15 is 0 Å². The highest BCUT2D eigenvalue weighted by molar-refractivity contribution is 7.66. The quantitative estimate of drug-likeness (QED) is 0.292. The average molecular weight is 507 g/mol. The molecule has 0 amide bonds. The summed E-state index contributed by atoms with van der Waals surface area (Å²) in [5, 5.41) is 0. The van der Waals surface area contributed by atoms with Gasteiger partial charge in [-0.3, -0.25) is 13.5 Å². The van der Waals surface area contributed by atoms with Crippen molar-refractivity contribution < 1.29 is 55.5 Å². The molecule has 1 saturated heterocycles. The molecule has 3 heterocycles. The van der Waals surface area contributed by atoms with Gasteiger partial charge in [0.15, 0.2) is 11.5 Å². The van der Waals surface area contributed by atoms with Crippen molar-refractivity contribution in [1.29, 1.82) is 0 Å². The summed E-state index contributed by atoms with van der Waals surface area (Å²) >= 11 is 0. The number of nitrogens with zero attached hydrogens (tertiary/aromatic N) is 4.